The number of halogens is 2. The fraction of sp³-hybridized carbons (Fsp3) is 0.462. The van der Waals surface area contributed by atoms with Crippen molar-refractivity contribution >= 4 is 55.9 Å². The zero-order valence-electron chi connectivity index (χ0n) is 12.8. The van der Waals surface area contributed by atoms with Crippen LogP contribution in [-0.2, 0) is 10.0 Å². The van der Waals surface area contributed by atoms with Crippen molar-refractivity contribution in [3.63, 3.8) is 0 Å². The quantitative estimate of drug-likeness (QED) is 0.239. The van der Waals surface area contributed by atoms with Crippen molar-refractivity contribution in [3.05, 3.63) is 34.3 Å². The van der Waals surface area contributed by atoms with Crippen LogP contribution in [0.2, 0.25) is 0 Å². The van der Waals surface area contributed by atoms with Crippen molar-refractivity contribution in [2.75, 3.05) is 26.4 Å². The third-order valence-electron chi connectivity index (χ3n) is 2.73. The number of hydrogen-bond donors (Lipinski definition) is 3. The molecule has 1 rings (SSSR count). The number of hydrogen-bond acceptors (Lipinski definition) is 3. The van der Waals surface area contributed by atoms with Crippen LogP contribution in [-0.4, -0.2) is 40.8 Å². The normalized spacial score (nSPS) is 13.2. The van der Waals surface area contributed by atoms with E-state index in [1.807, 2.05) is 31.2 Å². The van der Waals surface area contributed by atoms with Gasteiger partial charge in [0.05, 0.1) is 12.3 Å². The zero-order valence-corrected chi connectivity index (χ0v) is 17.5. The Hall–Kier alpha value is -0.390. The second-order valence-electron chi connectivity index (χ2n) is 4.55. The molecule has 0 aliphatic carbocycles. The number of guanidine groups is 1. The predicted octanol–water partition coefficient (Wildman–Crippen LogP) is 1.84. The molecule has 0 amide bonds. The first-order valence-electron chi connectivity index (χ1n) is 6.49. The van der Waals surface area contributed by atoms with Gasteiger partial charge in [-0.25, -0.2) is 13.1 Å². The Balaban J connectivity index is 0.00000441. The fourth-order valence-electron chi connectivity index (χ4n) is 1.72. The number of aliphatic imine (C=N–C) groups is 1. The van der Waals surface area contributed by atoms with E-state index in [1.165, 1.54) is 0 Å². The molecule has 0 saturated carbocycles. The van der Waals surface area contributed by atoms with Gasteiger partial charge < -0.3 is 10.6 Å². The minimum atomic E-state index is -3.16. The molecule has 1 aromatic carbocycles. The third kappa shape index (κ3) is 8.30. The van der Waals surface area contributed by atoms with E-state index in [-0.39, 0.29) is 30.0 Å². The summed E-state index contributed by atoms with van der Waals surface area (Å²) in [6.45, 7) is 2.79. The molecule has 126 valence electrons. The molecule has 22 heavy (non-hydrogen) atoms. The lowest BCUT2D eigenvalue weighted by atomic mass is 10.1. The minimum absolute atomic E-state index is 0. The third-order valence-corrected chi connectivity index (χ3v) is 4.18. The van der Waals surface area contributed by atoms with Crippen LogP contribution in [0.15, 0.2) is 33.7 Å². The minimum Gasteiger partial charge on any atom is -0.355 e. The van der Waals surface area contributed by atoms with E-state index >= 15 is 0 Å². The summed E-state index contributed by atoms with van der Waals surface area (Å²) in [5.41, 5.74) is 1.12. The molecule has 0 heterocycles. The molecule has 0 aliphatic rings. The summed E-state index contributed by atoms with van der Waals surface area (Å²) in [6.07, 6.45) is 1.13. The molecule has 0 spiro atoms. The molecular weight excluding hydrogens is 483 g/mol. The average molecular weight is 505 g/mol. The van der Waals surface area contributed by atoms with Crippen LogP contribution in [0, 0.1) is 0 Å². The average Bonchev–Trinajstić information content (AvgIpc) is 2.41. The van der Waals surface area contributed by atoms with Crippen molar-refractivity contribution in [1.29, 1.82) is 0 Å². The molecule has 3 N–H and O–H groups in total. The maximum atomic E-state index is 11.0. The molecule has 1 unspecified atom stereocenters. The lowest BCUT2D eigenvalue weighted by molar-refractivity contribution is 0.586. The summed E-state index contributed by atoms with van der Waals surface area (Å²) in [7, 11) is -1.48. The van der Waals surface area contributed by atoms with E-state index in [0.717, 1.165) is 16.3 Å². The van der Waals surface area contributed by atoms with Crippen LogP contribution in [0.5, 0.6) is 0 Å². The molecule has 1 atom stereocenters. The first-order chi connectivity index (χ1) is 9.83. The Morgan fingerprint density at radius 2 is 1.95 bits per heavy atom. The molecule has 9 heteroatoms. The summed E-state index contributed by atoms with van der Waals surface area (Å²) in [5, 5.41) is 6.31. The molecule has 0 saturated heterocycles. The van der Waals surface area contributed by atoms with Crippen LogP contribution in [0.4, 0.5) is 0 Å². The van der Waals surface area contributed by atoms with Gasteiger partial charge in [0.15, 0.2) is 5.96 Å². The topological polar surface area (TPSA) is 82.6 Å². The van der Waals surface area contributed by atoms with E-state index in [1.54, 1.807) is 7.05 Å². The van der Waals surface area contributed by atoms with E-state index in [0.29, 0.717) is 19.0 Å². The van der Waals surface area contributed by atoms with Gasteiger partial charge in [0.2, 0.25) is 10.0 Å². The Labute approximate surface area is 157 Å². The highest BCUT2D eigenvalue weighted by molar-refractivity contribution is 14.0. The first-order valence-corrected chi connectivity index (χ1v) is 9.18. The van der Waals surface area contributed by atoms with Gasteiger partial charge in [-0.3, -0.25) is 4.99 Å². The lowest BCUT2D eigenvalue weighted by Crippen LogP contribution is -2.42. The fourth-order valence-corrected chi connectivity index (χ4v) is 2.82. The van der Waals surface area contributed by atoms with Crippen LogP contribution in [0.3, 0.4) is 0 Å². The first kappa shape index (κ1) is 21.6. The van der Waals surface area contributed by atoms with Crippen LogP contribution < -0.4 is 15.4 Å². The Kier molecular flexibility index (Phi) is 10.2. The number of rotatable bonds is 6. The smallest absolute Gasteiger partial charge is 0.208 e. The Morgan fingerprint density at radius 1 is 1.32 bits per heavy atom. The van der Waals surface area contributed by atoms with Crippen molar-refractivity contribution in [2.45, 2.75) is 13.0 Å². The van der Waals surface area contributed by atoms with E-state index < -0.39 is 10.0 Å². The van der Waals surface area contributed by atoms with Gasteiger partial charge in [-0.2, -0.15) is 0 Å². The van der Waals surface area contributed by atoms with Gasteiger partial charge in [-0.05, 0) is 18.6 Å². The summed E-state index contributed by atoms with van der Waals surface area (Å²) >= 11 is 3.52. The number of benzene rings is 1. The number of nitrogens with zero attached hydrogens (tertiary/aromatic N) is 1. The number of nitrogens with one attached hydrogen (secondary N) is 3. The molecule has 6 nitrogen and oxygen atoms in total. The van der Waals surface area contributed by atoms with Crippen molar-refractivity contribution in [2.24, 2.45) is 4.99 Å². The van der Waals surface area contributed by atoms with Crippen LogP contribution in [0.1, 0.15) is 18.5 Å². The largest absolute Gasteiger partial charge is 0.355 e. The molecule has 0 aromatic heterocycles. The van der Waals surface area contributed by atoms with Crippen LogP contribution >= 0.6 is 39.9 Å². The summed E-state index contributed by atoms with van der Waals surface area (Å²) in [4.78, 5) is 4.12. The van der Waals surface area contributed by atoms with Gasteiger partial charge in [-0.1, -0.05) is 34.1 Å². The summed E-state index contributed by atoms with van der Waals surface area (Å²) in [5.74, 6) is 0.619. The van der Waals surface area contributed by atoms with Gasteiger partial charge in [0.1, 0.15) is 0 Å². The lowest BCUT2D eigenvalue weighted by Gasteiger charge is -2.19. The standard InChI is InChI=1S/C13H21BrN4O2S.HI/c1-10(11-6-4-5-7-12(11)14)18-13(15-2)16-8-9-17-21(3,19)20;/h4-7,10,17H,8-9H2,1-3H3,(H2,15,16,18);1H. The van der Waals surface area contributed by atoms with Crippen molar-refractivity contribution < 1.29 is 8.42 Å². The monoisotopic (exact) mass is 504 g/mol. The van der Waals surface area contributed by atoms with Gasteiger partial charge in [-0.15, -0.1) is 24.0 Å². The highest BCUT2D eigenvalue weighted by Gasteiger charge is 2.10. The Morgan fingerprint density at radius 3 is 2.50 bits per heavy atom. The highest BCUT2D eigenvalue weighted by atomic mass is 127. The summed E-state index contributed by atoms with van der Waals surface area (Å²) in [6, 6.07) is 8.02. The molecule has 0 radical (unpaired) electrons. The number of sulfonamides is 1. The second kappa shape index (κ2) is 10.4. The van der Waals surface area contributed by atoms with Crippen molar-refractivity contribution in [3.8, 4) is 0 Å². The molecule has 0 bridgehead atoms. The SMILES string of the molecule is CN=C(NCCNS(C)(=O)=O)NC(C)c1ccccc1Br.I. The van der Waals surface area contributed by atoms with Crippen LogP contribution in [0.25, 0.3) is 0 Å². The van der Waals surface area contributed by atoms with E-state index in [4.69, 9.17) is 0 Å². The maximum absolute atomic E-state index is 11.0. The van der Waals surface area contributed by atoms with Gasteiger partial charge in [0, 0.05) is 24.6 Å². The molecule has 0 fully saturated rings. The highest BCUT2D eigenvalue weighted by Crippen LogP contribution is 2.22. The molecule has 0 aliphatic heterocycles. The molecular formula is C13H22BrIN4O2S. The Bertz CT molecular complexity index is 595. The predicted molar refractivity (Wildman–Crippen MR) is 105 cm³/mol. The van der Waals surface area contributed by atoms with Crippen molar-refractivity contribution in [1.82, 2.24) is 15.4 Å². The molecule has 1 aromatic rings. The zero-order chi connectivity index (χ0) is 15.9. The van der Waals surface area contributed by atoms with Gasteiger partial charge in [0.25, 0.3) is 0 Å². The van der Waals surface area contributed by atoms with Gasteiger partial charge >= 0.3 is 0 Å². The van der Waals surface area contributed by atoms with E-state index in [2.05, 4.69) is 36.3 Å². The maximum Gasteiger partial charge on any atom is 0.208 e. The second-order valence-corrected chi connectivity index (χ2v) is 7.24. The van der Waals surface area contributed by atoms with E-state index in [9.17, 15) is 8.42 Å². The summed E-state index contributed by atoms with van der Waals surface area (Å²) < 4.78 is 25.4.